The number of ether oxygens (including phenoxy) is 1. The topological polar surface area (TPSA) is 21.3 Å². The Balaban J connectivity index is 1.74. The second kappa shape index (κ2) is 7.72. The molecule has 0 saturated heterocycles. The summed E-state index contributed by atoms with van der Waals surface area (Å²) in [5, 5.41) is 4.72. The fourth-order valence-electron chi connectivity index (χ4n) is 2.35. The van der Waals surface area contributed by atoms with Gasteiger partial charge in [-0.2, -0.15) is 0 Å². The van der Waals surface area contributed by atoms with Gasteiger partial charge < -0.3 is 10.1 Å². The molecule has 1 saturated carbocycles. The average molecular weight is 367 g/mol. The van der Waals surface area contributed by atoms with Gasteiger partial charge in [-0.3, -0.25) is 0 Å². The molecule has 1 N–H and O–H groups in total. The number of hydrogen-bond donors (Lipinski definition) is 1. The van der Waals surface area contributed by atoms with Gasteiger partial charge in [-0.1, -0.05) is 42.5 Å². The van der Waals surface area contributed by atoms with Crippen LogP contribution in [0.3, 0.4) is 0 Å². The second-order valence-corrected chi connectivity index (χ2v) is 6.50. The molecule has 19 heavy (non-hydrogen) atoms. The van der Waals surface area contributed by atoms with Crippen molar-refractivity contribution in [1.29, 1.82) is 0 Å². The third-order valence-electron chi connectivity index (χ3n) is 3.37. The summed E-state index contributed by atoms with van der Waals surface area (Å²) in [4.78, 5) is 0. The van der Waals surface area contributed by atoms with Crippen molar-refractivity contribution in [3.8, 4) is 5.75 Å². The maximum Gasteiger partial charge on any atom is 0.139 e. The minimum Gasteiger partial charge on any atom is -0.491 e. The molecule has 1 aliphatic carbocycles. The minimum absolute atomic E-state index is 0.578. The lowest BCUT2D eigenvalue weighted by atomic mass is 9.96. The molecule has 106 valence electrons. The maximum atomic E-state index is 6.10. The number of rotatable bonds is 5. The molecule has 1 aromatic rings. The first-order valence-electron chi connectivity index (χ1n) is 6.67. The molecule has 0 spiro atoms. The Labute approximate surface area is 132 Å². The molecule has 0 unspecified atom stereocenters. The molecule has 0 bridgehead atoms. The van der Waals surface area contributed by atoms with Crippen molar-refractivity contribution in [2.24, 2.45) is 0 Å². The fourth-order valence-corrected chi connectivity index (χ4v) is 3.19. The molecule has 0 radical (unpaired) electrons. The summed E-state index contributed by atoms with van der Waals surface area (Å²) < 4.78 is 6.45. The Morgan fingerprint density at radius 1 is 1.16 bits per heavy atom. The highest BCUT2D eigenvalue weighted by Gasteiger charge is 2.12. The van der Waals surface area contributed by atoms with Gasteiger partial charge in [-0.05, 0) is 34.8 Å². The van der Waals surface area contributed by atoms with E-state index in [0.717, 1.165) is 11.0 Å². The lowest BCUT2D eigenvalue weighted by Crippen LogP contribution is -2.34. The van der Waals surface area contributed by atoms with Crippen molar-refractivity contribution < 1.29 is 4.74 Å². The van der Waals surface area contributed by atoms with Crippen LogP contribution in [0.15, 0.2) is 16.6 Å². The zero-order chi connectivity index (χ0) is 13.7. The summed E-state index contributed by atoms with van der Waals surface area (Å²) in [5.41, 5.74) is 0. The summed E-state index contributed by atoms with van der Waals surface area (Å²) in [6, 6.07) is 4.16. The van der Waals surface area contributed by atoms with Gasteiger partial charge in [-0.25, -0.2) is 0 Å². The molecule has 0 aromatic heterocycles. The maximum absolute atomic E-state index is 6.10. The Kier molecular flexibility index (Phi) is 6.27. The van der Waals surface area contributed by atoms with Gasteiger partial charge in [0.25, 0.3) is 0 Å². The molecular weight excluding hydrogens is 349 g/mol. The summed E-state index contributed by atoms with van der Waals surface area (Å²) in [7, 11) is 0. The normalized spacial score (nSPS) is 16.6. The van der Waals surface area contributed by atoms with Crippen LogP contribution >= 0.6 is 39.1 Å². The van der Waals surface area contributed by atoms with Crippen molar-refractivity contribution in [2.75, 3.05) is 13.2 Å². The zero-order valence-electron chi connectivity index (χ0n) is 10.7. The van der Waals surface area contributed by atoms with Crippen molar-refractivity contribution in [3.05, 3.63) is 26.7 Å². The van der Waals surface area contributed by atoms with Gasteiger partial charge in [0.05, 0.1) is 10.0 Å². The molecule has 0 amide bonds. The molecule has 0 heterocycles. The predicted octanol–water partition coefficient (Wildman–Crippen LogP) is 5.06. The first-order valence-corrected chi connectivity index (χ1v) is 8.22. The van der Waals surface area contributed by atoms with Crippen LogP contribution in [-0.4, -0.2) is 19.2 Å². The van der Waals surface area contributed by atoms with Crippen molar-refractivity contribution >= 4 is 39.1 Å². The largest absolute Gasteiger partial charge is 0.491 e. The quantitative estimate of drug-likeness (QED) is 0.581. The molecule has 2 rings (SSSR count). The van der Waals surface area contributed by atoms with E-state index in [1.54, 1.807) is 12.1 Å². The van der Waals surface area contributed by atoms with E-state index in [-0.39, 0.29) is 0 Å². The van der Waals surface area contributed by atoms with E-state index in [1.807, 2.05) is 0 Å². The monoisotopic (exact) mass is 365 g/mol. The lowest BCUT2D eigenvalue weighted by Gasteiger charge is -2.22. The van der Waals surface area contributed by atoms with E-state index in [0.29, 0.717) is 28.4 Å². The Bertz CT molecular complexity index is 422. The van der Waals surface area contributed by atoms with Gasteiger partial charge in [0.15, 0.2) is 0 Å². The lowest BCUT2D eigenvalue weighted by molar-refractivity contribution is 0.289. The van der Waals surface area contributed by atoms with E-state index in [2.05, 4.69) is 21.2 Å². The van der Waals surface area contributed by atoms with E-state index in [1.165, 1.54) is 32.1 Å². The van der Waals surface area contributed by atoms with Gasteiger partial charge >= 0.3 is 0 Å². The van der Waals surface area contributed by atoms with Crippen LogP contribution in [0.5, 0.6) is 5.75 Å². The van der Waals surface area contributed by atoms with Gasteiger partial charge in [0.1, 0.15) is 12.4 Å². The molecule has 1 aliphatic rings. The van der Waals surface area contributed by atoms with Crippen molar-refractivity contribution in [3.63, 3.8) is 0 Å². The minimum atomic E-state index is 0.578. The predicted molar refractivity (Wildman–Crippen MR) is 84.5 cm³/mol. The van der Waals surface area contributed by atoms with Gasteiger partial charge in [0, 0.05) is 23.1 Å². The Morgan fingerprint density at radius 3 is 2.63 bits per heavy atom. The van der Waals surface area contributed by atoms with E-state index < -0.39 is 0 Å². The summed E-state index contributed by atoms with van der Waals surface area (Å²) in [6.45, 7) is 1.45. The number of halogens is 3. The highest BCUT2D eigenvalue weighted by Crippen LogP contribution is 2.33. The van der Waals surface area contributed by atoms with Crippen molar-refractivity contribution in [1.82, 2.24) is 5.32 Å². The summed E-state index contributed by atoms with van der Waals surface area (Å²) in [6.07, 6.45) is 6.62. The van der Waals surface area contributed by atoms with Crippen LogP contribution in [-0.2, 0) is 0 Å². The number of benzene rings is 1. The van der Waals surface area contributed by atoms with E-state index >= 15 is 0 Å². The van der Waals surface area contributed by atoms with Crippen LogP contribution in [0.25, 0.3) is 0 Å². The molecular formula is C14H18BrCl2NO. The first kappa shape index (κ1) is 15.4. The van der Waals surface area contributed by atoms with Crippen LogP contribution in [0, 0.1) is 0 Å². The average Bonchev–Trinajstić information content (AvgIpc) is 2.41. The number of hydrogen-bond acceptors (Lipinski definition) is 2. The molecule has 1 aromatic carbocycles. The Morgan fingerprint density at radius 2 is 1.89 bits per heavy atom. The molecule has 2 nitrogen and oxygen atoms in total. The smallest absolute Gasteiger partial charge is 0.139 e. The third-order valence-corrected chi connectivity index (χ3v) is 4.87. The van der Waals surface area contributed by atoms with Gasteiger partial charge in [0.2, 0.25) is 0 Å². The van der Waals surface area contributed by atoms with E-state index in [4.69, 9.17) is 27.9 Å². The van der Waals surface area contributed by atoms with Crippen LogP contribution in [0.4, 0.5) is 0 Å². The molecule has 5 heteroatoms. The van der Waals surface area contributed by atoms with Crippen LogP contribution in [0.1, 0.15) is 32.1 Å². The molecule has 0 atom stereocenters. The highest BCUT2D eigenvalue weighted by molar-refractivity contribution is 9.10. The Hall–Kier alpha value is 0.0400. The fraction of sp³-hybridized carbons (Fsp3) is 0.571. The summed E-state index contributed by atoms with van der Waals surface area (Å²) in [5.74, 6) is 0.639. The third kappa shape index (κ3) is 4.82. The SMILES string of the molecule is Clc1cc(OCCNC2CCCCC2)c(Cl)cc1Br. The standard InChI is InChI=1S/C14H18BrCl2NO/c15-11-8-13(17)14(9-12(11)16)19-7-6-18-10-4-2-1-3-5-10/h8-10,18H,1-7H2. The summed E-state index contributed by atoms with van der Waals surface area (Å²) >= 11 is 15.4. The van der Waals surface area contributed by atoms with Crippen LogP contribution < -0.4 is 10.1 Å². The molecule has 0 aliphatic heterocycles. The highest BCUT2D eigenvalue weighted by atomic mass is 79.9. The molecule has 1 fully saturated rings. The first-order chi connectivity index (χ1) is 9.16. The zero-order valence-corrected chi connectivity index (χ0v) is 13.8. The number of nitrogens with one attached hydrogen (secondary N) is 1. The van der Waals surface area contributed by atoms with Gasteiger partial charge in [-0.15, -0.1) is 0 Å². The van der Waals surface area contributed by atoms with Crippen LogP contribution in [0.2, 0.25) is 10.0 Å². The second-order valence-electron chi connectivity index (χ2n) is 4.83. The van der Waals surface area contributed by atoms with E-state index in [9.17, 15) is 0 Å². The van der Waals surface area contributed by atoms with Crippen molar-refractivity contribution in [2.45, 2.75) is 38.1 Å².